The van der Waals surface area contributed by atoms with E-state index in [1.54, 1.807) is 41.4 Å². The Balaban J connectivity index is 1.10. The number of alkyl halides is 2. The summed E-state index contributed by atoms with van der Waals surface area (Å²) in [4.78, 5) is 62.3. The van der Waals surface area contributed by atoms with E-state index < -0.39 is 42.3 Å². The summed E-state index contributed by atoms with van der Waals surface area (Å²) in [5.74, 6) is -0.852. The first-order valence-electron chi connectivity index (χ1n) is 20.8. The Bertz CT molecular complexity index is 2230. The molecule has 318 valence electrons. The van der Waals surface area contributed by atoms with Crippen LogP contribution in [0.1, 0.15) is 92.6 Å². The quantitative estimate of drug-likeness (QED) is 0.0703. The number of pyridine rings is 1. The second-order valence-electron chi connectivity index (χ2n) is 16.3. The van der Waals surface area contributed by atoms with Gasteiger partial charge in [0.25, 0.3) is 5.91 Å². The average molecular weight is 844 g/mol. The van der Waals surface area contributed by atoms with Crippen LogP contribution in [-0.2, 0) is 29.3 Å². The number of carbonyl (C=O) groups excluding carboxylic acids is 4. The van der Waals surface area contributed by atoms with E-state index in [2.05, 4.69) is 15.4 Å². The molecule has 3 aliphatic heterocycles. The van der Waals surface area contributed by atoms with Gasteiger partial charge in [0.2, 0.25) is 11.8 Å². The third-order valence-corrected chi connectivity index (χ3v) is 14.1. The van der Waals surface area contributed by atoms with Crippen molar-refractivity contribution >= 4 is 42.3 Å². The lowest BCUT2D eigenvalue weighted by atomic mass is 9.98. The van der Waals surface area contributed by atoms with Crippen LogP contribution >= 0.6 is 7.52 Å². The van der Waals surface area contributed by atoms with Gasteiger partial charge in [-0.3, -0.25) is 23.9 Å². The molecule has 6 atom stereocenters. The van der Waals surface area contributed by atoms with Gasteiger partial charge in [0.1, 0.15) is 29.7 Å². The first-order valence-corrected chi connectivity index (χ1v) is 22.4. The monoisotopic (exact) mass is 843 g/mol. The Hall–Kier alpha value is -5.04. The SMILES string of the molecule is CCCOCC(C)(C=O)NP(=O)(Oc1ccccc1)C(F)(F)c1ccc2ccc(C(=O)N[C@H]3CCCC[C@H]4CC[C@@H](C(=O)N5CCC(c6cccnc6)C5)N4C3=O)cc2c1. The van der Waals surface area contributed by atoms with E-state index in [1.807, 2.05) is 30.2 Å². The minimum Gasteiger partial charge on any atom is -0.429 e. The lowest BCUT2D eigenvalue weighted by Gasteiger charge is -2.36. The Morgan fingerprint density at radius 2 is 1.75 bits per heavy atom. The van der Waals surface area contributed by atoms with Crippen LogP contribution in [0, 0.1) is 0 Å². The van der Waals surface area contributed by atoms with E-state index >= 15 is 8.78 Å². The Morgan fingerprint density at radius 1 is 0.967 bits per heavy atom. The molecule has 0 bridgehead atoms. The molecule has 3 unspecified atom stereocenters. The van der Waals surface area contributed by atoms with Crippen molar-refractivity contribution in [2.24, 2.45) is 0 Å². The highest BCUT2D eigenvalue weighted by Gasteiger charge is 2.57. The molecule has 3 aromatic carbocycles. The van der Waals surface area contributed by atoms with Gasteiger partial charge >= 0.3 is 13.2 Å². The zero-order chi connectivity index (χ0) is 42.5. The van der Waals surface area contributed by atoms with Gasteiger partial charge in [0.15, 0.2) is 0 Å². The molecule has 0 radical (unpaired) electrons. The molecule has 3 aliphatic rings. The fraction of sp³-hybridized carbons (Fsp3) is 0.444. The van der Waals surface area contributed by atoms with Crippen molar-refractivity contribution in [3.05, 3.63) is 108 Å². The van der Waals surface area contributed by atoms with E-state index in [9.17, 15) is 23.7 Å². The molecule has 2 N–H and O–H groups in total. The molecule has 0 spiro atoms. The van der Waals surface area contributed by atoms with Crippen LogP contribution in [0.3, 0.4) is 0 Å². The molecular weight excluding hydrogens is 791 g/mol. The lowest BCUT2D eigenvalue weighted by molar-refractivity contribution is -0.146. The number of nitrogens with zero attached hydrogens (tertiary/aromatic N) is 3. The zero-order valence-electron chi connectivity index (χ0n) is 33.9. The normalized spacial score (nSPS) is 22.9. The van der Waals surface area contributed by atoms with Crippen LogP contribution < -0.4 is 14.9 Å². The Labute approximate surface area is 348 Å². The van der Waals surface area contributed by atoms with E-state index in [-0.39, 0.29) is 53.7 Å². The second kappa shape index (κ2) is 18.3. The van der Waals surface area contributed by atoms with E-state index in [0.717, 1.165) is 37.0 Å². The van der Waals surface area contributed by atoms with Crippen LogP contribution in [0.4, 0.5) is 8.78 Å². The highest BCUT2D eigenvalue weighted by Crippen LogP contribution is 2.64. The van der Waals surface area contributed by atoms with Crippen molar-refractivity contribution in [1.29, 1.82) is 0 Å². The van der Waals surface area contributed by atoms with Crippen molar-refractivity contribution in [2.75, 3.05) is 26.3 Å². The number of hydrogen-bond acceptors (Lipinski definition) is 8. The smallest absolute Gasteiger partial charge is 0.390 e. The Morgan fingerprint density at radius 3 is 2.50 bits per heavy atom. The summed E-state index contributed by atoms with van der Waals surface area (Å²) in [5.41, 5.74) is -5.42. The van der Waals surface area contributed by atoms with Crippen molar-refractivity contribution in [3.63, 3.8) is 0 Å². The number of nitrogens with one attached hydrogen (secondary N) is 2. The average Bonchev–Trinajstić information content (AvgIpc) is 3.92. The molecule has 4 heterocycles. The molecule has 12 nitrogen and oxygen atoms in total. The van der Waals surface area contributed by atoms with Crippen LogP contribution in [0.5, 0.6) is 5.75 Å². The van der Waals surface area contributed by atoms with Gasteiger partial charge in [-0.2, -0.15) is 8.78 Å². The molecule has 0 saturated carbocycles. The number of ether oxygens (including phenoxy) is 1. The predicted molar refractivity (Wildman–Crippen MR) is 223 cm³/mol. The van der Waals surface area contributed by atoms with Crippen molar-refractivity contribution in [3.8, 4) is 5.75 Å². The molecule has 15 heteroatoms. The van der Waals surface area contributed by atoms with Crippen LogP contribution in [-0.4, -0.2) is 88.8 Å². The third-order valence-electron chi connectivity index (χ3n) is 11.8. The third kappa shape index (κ3) is 9.16. The molecule has 60 heavy (non-hydrogen) atoms. The summed E-state index contributed by atoms with van der Waals surface area (Å²) >= 11 is 0. The molecule has 3 fully saturated rings. The molecule has 4 aromatic rings. The summed E-state index contributed by atoms with van der Waals surface area (Å²) in [5, 5.41) is 6.04. The topological polar surface area (TPSA) is 147 Å². The molecule has 7 rings (SSSR count). The maximum Gasteiger partial charge on any atom is 0.390 e. The van der Waals surface area contributed by atoms with Gasteiger partial charge in [-0.1, -0.05) is 62.2 Å². The number of fused-ring (bicyclic) bond motifs is 2. The summed E-state index contributed by atoms with van der Waals surface area (Å²) in [7, 11) is -5.29. The number of benzene rings is 3. The Kier molecular flexibility index (Phi) is 13.1. The van der Waals surface area contributed by atoms with Gasteiger partial charge in [-0.15, -0.1) is 0 Å². The number of likely N-dealkylation sites (tertiary alicyclic amines) is 1. The molecule has 0 aliphatic carbocycles. The fourth-order valence-corrected chi connectivity index (χ4v) is 10.6. The number of amides is 3. The fourth-order valence-electron chi connectivity index (χ4n) is 8.59. The van der Waals surface area contributed by atoms with Crippen molar-refractivity contribution in [1.82, 2.24) is 25.2 Å². The van der Waals surface area contributed by atoms with Crippen molar-refractivity contribution < 1.29 is 41.8 Å². The molecule has 1 aromatic heterocycles. The number of para-hydroxylation sites is 1. The number of halogens is 2. The van der Waals surface area contributed by atoms with Crippen LogP contribution in [0.2, 0.25) is 0 Å². The number of hydrogen-bond donors (Lipinski definition) is 2. The van der Waals surface area contributed by atoms with E-state index in [1.165, 1.54) is 31.2 Å². The maximum absolute atomic E-state index is 16.8. The van der Waals surface area contributed by atoms with Gasteiger partial charge in [-0.25, -0.2) is 5.09 Å². The first-order chi connectivity index (χ1) is 28.8. The number of aromatic nitrogens is 1. The summed E-state index contributed by atoms with van der Waals surface area (Å²) in [6, 6.07) is 18.1. The molecule has 3 amide bonds. The minimum absolute atomic E-state index is 0.0699. The first kappa shape index (κ1) is 43.1. The van der Waals surface area contributed by atoms with Gasteiger partial charge in [0.05, 0.1) is 6.61 Å². The lowest BCUT2D eigenvalue weighted by Crippen LogP contribution is -2.56. The van der Waals surface area contributed by atoms with E-state index in [4.69, 9.17) is 9.26 Å². The second-order valence-corrected chi connectivity index (χ2v) is 18.4. The van der Waals surface area contributed by atoms with Crippen LogP contribution in [0.15, 0.2) is 91.3 Å². The van der Waals surface area contributed by atoms with Gasteiger partial charge in [0, 0.05) is 55.2 Å². The highest BCUT2D eigenvalue weighted by atomic mass is 31.2. The standard InChI is InChI=1S/C45H52F2N5O7P/c1-3-24-58-30-44(2,29-53)50-60(57,59-38-12-5-4-6-13-38)45(46,47)36-18-17-31-15-16-32(25-35(31)26-36)41(54)49-39-14-8-7-11-37-19-20-40(52(37)42(39)55)43(56)51-23-21-34(28-51)33-10-9-22-48-27-33/h4-6,9-10,12-13,15-18,22,25-27,29,34,37,39-40H,3,7-8,11,14,19-21,23-24,28,30H2,1-2H3,(H,49,54)(H,50,57)/t34?,37-,39-,40-,44?,60?/m0/s1. The summed E-state index contributed by atoms with van der Waals surface area (Å²) in [6.07, 6.45) is 9.35. The summed E-state index contributed by atoms with van der Waals surface area (Å²) in [6.45, 7) is 4.25. The highest BCUT2D eigenvalue weighted by molar-refractivity contribution is 7.58. The predicted octanol–water partition coefficient (Wildman–Crippen LogP) is 7.58. The maximum atomic E-state index is 16.8. The molecule has 3 saturated heterocycles. The number of carbonyl (C=O) groups is 4. The van der Waals surface area contributed by atoms with Crippen molar-refractivity contribution in [2.45, 2.75) is 100 Å². The zero-order valence-corrected chi connectivity index (χ0v) is 34.8. The largest absolute Gasteiger partial charge is 0.429 e. The number of rotatable bonds is 15. The van der Waals surface area contributed by atoms with Gasteiger partial charge < -0.3 is 29.2 Å². The minimum atomic E-state index is -5.29. The number of aldehydes is 1. The molecular formula is C45H52F2N5O7P. The van der Waals surface area contributed by atoms with E-state index in [0.29, 0.717) is 56.9 Å². The summed E-state index contributed by atoms with van der Waals surface area (Å²) < 4.78 is 59.1. The van der Waals surface area contributed by atoms with Crippen LogP contribution in [0.25, 0.3) is 10.8 Å². The van der Waals surface area contributed by atoms with Gasteiger partial charge in [-0.05, 0) is 98.2 Å².